The van der Waals surface area contributed by atoms with Crippen LogP contribution in [0.15, 0.2) is 0 Å². The van der Waals surface area contributed by atoms with Crippen LogP contribution in [0.3, 0.4) is 0 Å². The molecule has 5 nitrogen and oxygen atoms in total. The molecular weight excluding hydrogens is 252 g/mol. The van der Waals surface area contributed by atoms with E-state index in [1.807, 2.05) is 0 Å². The maximum atomic E-state index is 5.50. The third kappa shape index (κ3) is 5.34. The lowest BCUT2D eigenvalue weighted by Crippen LogP contribution is -2.42. The molecule has 1 aliphatic rings. The Morgan fingerprint density at radius 2 is 1.61 bits per heavy atom. The summed E-state index contributed by atoms with van der Waals surface area (Å²) in [6.07, 6.45) is 5.58. The maximum absolute atomic E-state index is 5.50. The molecule has 0 radical (unpaired) electrons. The molecule has 1 heterocycles. The van der Waals surface area contributed by atoms with Crippen LogP contribution in [0.25, 0.3) is 0 Å². The van der Waals surface area contributed by atoms with E-state index in [1.54, 1.807) is 21.3 Å². The van der Waals surface area contributed by atoms with Crippen molar-refractivity contribution in [2.75, 3.05) is 34.5 Å². The van der Waals surface area contributed by atoms with E-state index in [4.69, 9.17) is 22.8 Å². The van der Waals surface area contributed by atoms with Gasteiger partial charge < -0.3 is 22.8 Å². The van der Waals surface area contributed by atoms with Crippen LogP contribution >= 0.6 is 0 Å². The van der Waals surface area contributed by atoms with Crippen LogP contribution in [0.2, 0.25) is 6.04 Å². The average Bonchev–Trinajstić information content (AvgIpc) is 2.36. The van der Waals surface area contributed by atoms with Crippen molar-refractivity contribution < 1.29 is 22.8 Å². The molecular formula is C12H26O5Si. The monoisotopic (exact) mass is 278 g/mol. The lowest BCUT2D eigenvalue weighted by atomic mass is 10.2. The van der Waals surface area contributed by atoms with Crippen molar-refractivity contribution in [3.8, 4) is 0 Å². The van der Waals surface area contributed by atoms with Crippen LogP contribution in [0, 0.1) is 0 Å². The third-order valence-electron chi connectivity index (χ3n) is 3.27. The molecule has 1 saturated heterocycles. The summed E-state index contributed by atoms with van der Waals surface area (Å²) >= 11 is 0. The van der Waals surface area contributed by atoms with Crippen molar-refractivity contribution in [2.24, 2.45) is 0 Å². The highest BCUT2D eigenvalue weighted by molar-refractivity contribution is 6.60. The molecule has 6 heteroatoms. The van der Waals surface area contributed by atoms with Crippen molar-refractivity contribution in [3.63, 3.8) is 0 Å². The van der Waals surface area contributed by atoms with E-state index < -0.39 is 8.80 Å². The summed E-state index contributed by atoms with van der Waals surface area (Å²) in [4.78, 5) is 0. The van der Waals surface area contributed by atoms with E-state index in [1.165, 1.54) is 0 Å². The van der Waals surface area contributed by atoms with Gasteiger partial charge in [-0.15, -0.1) is 0 Å². The van der Waals surface area contributed by atoms with E-state index in [-0.39, 0.29) is 6.29 Å². The van der Waals surface area contributed by atoms with Crippen molar-refractivity contribution in [1.29, 1.82) is 0 Å². The average molecular weight is 278 g/mol. The van der Waals surface area contributed by atoms with Crippen LogP contribution in [-0.4, -0.2) is 49.6 Å². The van der Waals surface area contributed by atoms with Crippen LogP contribution in [0.5, 0.6) is 0 Å². The first-order valence-corrected chi connectivity index (χ1v) is 8.58. The van der Waals surface area contributed by atoms with Gasteiger partial charge in [0, 0.05) is 40.4 Å². The quantitative estimate of drug-likeness (QED) is 0.428. The summed E-state index contributed by atoms with van der Waals surface area (Å²) < 4.78 is 26.8. The Morgan fingerprint density at radius 1 is 1.00 bits per heavy atom. The summed E-state index contributed by atoms with van der Waals surface area (Å²) in [6.45, 7) is 1.65. The lowest BCUT2D eigenvalue weighted by Gasteiger charge is -2.26. The number of hydrogen-bond donors (Lipinski definition) is 0. The van der Waals surface area contributed by atoms with E-state index in [0.29, 0.717) is 0 Å². The molecule has 0 N–H and O–H groups in total. The van der Waals surface area contributed by atoms with E-state index in [0.717, 1.165) is 51.4 Å². The minimum Gasteiger partial charge on any atom is -0.377 e. The molecule has 0 saturated carbocycles. The largest absolute Gasteiger partial charge is 0.500 e. The van der Waals surface area contributed by atoms with Crippen molar-refractivity contribution in [1.82, 2.24) is 0 Å². The van der Waals surface area contributed by atoms with Gasteiger partial charge in [0.05, 0.1) is 6.61 Å². The Hall–Kier alpha value is 0.0169. The summed E-state index contributed by atoms with van der Waals surface area (Å²) in [5, 5.41) is 0. The third-order valence-corrected chi connectivity index (χ3v) is 6.10. The molecule has 0 amide bonds. The smallest absolute Gasteiger partial charge is 0.377 e. The fraction of sp³-hybridized carbons (Fsp3) is 1.00. The first-order chi connectivity index (χ1) is 8.76. The molecule has 108 valence electrons. The molecule has 0 spiro atoms. The molecule has 0 bridgehead atoms. The van der Waals surface area contributed by atoms with Gasteiger partial charge in [-0.3, -0.25) is 0 Å². The molecule has 1 unspecified atom stereocenters. The normalized spacial score (nSPS) is 19.8. The molecule has 0 aromatic carbocycles. The van der Waals surface area contributed by atoms with E-state index >= 15 is 0 Å². The van der Waals surface area contributed by atoms with Gasteiger partial charge in [0.25, 0.3) is 0 Å². The molecule has 1 atom stereocenters. The van der Waals surface area contributed by atoms with Crippen LogP contribution in [0.4, 0.5) is 0 Å². The minimum absolute atomic E-state index is 0.0699. The highest BCUT2D eigenvalue weighted by atomic mass is 28.4. The predicted molar refractivity (Wildman–Crippen MR) is 70.4 cm³/mol. The minimum atomic E-state index is -2.35. The summed E-state index contributed by atoms with van der Waals surface area (Å²) in [7, 11) is 2.62. The van der Waals surface area contributed by atoms with Gasteiger partial charge in [-0.25, -0.2) is 0 Å². The molecule has 0 aromatic heterocycles. The van der Waals surface area contributed by atoms with E-state index in [9.17, 15) is 0 Å². The first-order valence-electron chi connectivity index (χ1n) is 6.65. The topological polar surface area (TPSA) is 46.2 Å². The lowest BCUT2D eigenvalue weighted by molar-refractivity contribution is -0.214. The fourth-order valence-corrected chi connectivity index (χ4v) is 3.71. The van der Waals surface area contributed by atoms with Gasteiger partial charge in [-0.1, -0.05) is 12.8 Å². The van der Waals surface area contributed by atoms with E-state index in [2.05, 4.69) is 0 Å². The van der Waals surface area contributed by atoms with Crippen LogP contribution < -0.4 is 0 Å². The molecule has 18 heavy (non-hydrogen) atoms. The zero-order valence-corrected chi connectivity index (χ0v) is 12.8. The van der Waals surface area contributed by atoms with Crippen LogP contribution in [-0.2, 0) is 22.8 Å². The Kier molecular flexibility index (Phi) is 8.04. The Bertz CT molecular complexity index is 198. The summed E-state index contributed by atoms with van der Waals surface area (Å²) in [5.41, 5.74) is 0. The van der Waals surface area contributed by atoms with Gasteiger partial charge in [0.1, 0.15) is 0 Å². The fourth-order valence-electron chi connectivity index (χ4n) is 1.91. The molecule has 1 aliphatic heterocycles. The second kappa shape index (κ2) is 9.01. The molecule has 1 rings (SSSR count). The number of unbranched alkanes of at least 4 members (excludes halogenated alkanes) is 3. The first kappa shape index (κ1) is 16.1. The van der Waals surface area contributed by atoms with Crippen molar-refractivity contribution in [2.45, 2.75) is 44.4 Å². The Labute approximate surface area is 111 Å². The molecule has 1 fully saturated rings. The second-order valence-corrected chi connectivity index (χ2v) is 7.51. The van der Waals surface area contributed by atoms with Gasteiger partial charge in [-0.05, 0) is 12.8 Å². The second-order valence-electron chi connectivity index (χ2n) is 4.42. The van der Waals surface area contributed by atoms with Crippen molar-refractivity contribution in [3.05, 3.63) is 0 Å². The predicted octanol–water partition coefficient (Wildman–Crippen LogP) is 2.19. The number of rotatable bonds is 11. The van der Waals surface area contributed by atoms with Gasteiger partial charge in [0.15, 0.2) is 6.29 Å². The Morgan fingerprint density at radius 3 is 2.11 bits per heavy atom. The standard InChI is InChI=1S/C12H26O5Si/c1-13-18(14-2,15-3)11-7-5-4-6-9-16-12-8-10-17-12/h12H,4-11H2,1-3H3. The number of ether oxygens (including phenoxy) is 2. The maximum Gasteiger partial charge on any atom is 0.500 e. The van der Waals surface area contributed by atoms with Gasteiger partial charge >= 0.3 is 8.80 Å². The van der Waals surface area contributed by atoms with Crippen molar-refractivity contribution >= 4 is 8.80 Å². The van der Waals surface area contributed by atoms with Gasteiger partial charge in [0.2, 0.25) is 0 Å². The highest BCUT2D eigenvalue weighted by Crippen LogP contribution is 2.18. The van der Waals surface area contributed by atoms with Gasteiger partial charge in [-0.2, -0.15) is 0 Å². The highest BCUT2D eigenvalue weighted by Gasteiger charge is 2.36. The zero-order chi connectivity index (χ0) is 13.3. The summed E-state index contributed by atoms with van der Waals surface area (Å²) in [5.74, 6) is 0. The summed E-state index contributed by atoms with van der Waals surface area (Å²) in [6, 6.07) is 0.878. The molecule has 0 aromatic rings. The zero-order valence-electron chi connectivity index (χ0n) is 11.8. The number of hydrogen-bond acceptors (Lipinski definition) is 5. The Balaban J connectivity index is 1.93. The molecule has 0 aliphatic carbocycles. The van der Waals surface area contributed by atoms with Crippen LogP contribution in [0.1, 0.15) is 32.1 Å². The SMILES string of the molecule is CO[Si](CCCCCCOC1CCO1)(OC)OC.